The standard InChI is InChI=1S/C9H12ClN3S.HI/c10-8-3-2-7(14-8)6-13-9-11-4-1-5-12-9;/h2-3H,1,4-6H2,(H2,11,12,13);1H. The number of nitrogens with zero attached hydrogens (tertiary/aromatic N) is 1. The van der Waals surface area contributed by atoms with Gasteiger partial charge in [-0.1, -0.05) is 11.6 Å². The molecule has 1 aromatic rings. The quantitative estimate of drug-likeness (QED) is 0.798. The van der Waals surface area contributed by atoms with Crippen molar-refractivity contribution in [3.05, 3.63) is 21.3 Å². The van der Waals surface area contributed by atoms with Crippen LogP contribution < -0.4 is 10.6 Å². The first-order valence-corrected chi connectivity index (χ1v) is 5.80. The third kappa shape index (κ3) is 4.16. The van der Waals surface area contributed by atoms with Crippen molar-refractivity contribution in [2.24, 2.45) is 4.99 Å². The Morgan fingerprint density at radius 2 is 2.40 bits per heavy atom. The van der Waals surface area contributed by atoms with Crippen LogP contribution in [0.25, 0.3) is 0 Å². The Hall–Kier alpha value is -0.0100. The molecule has 2 heterocycles. The van der Waals surface area contributed by atoms with Crippen LogP contribution in [0.5, 0.6) is 0 Å². The predicted octanol–water partition coefficient (Wildman–Crippen LogP) is 2.46. The van der Waals surface area contributed by atoms with E-state index in [4.69, 9.17) is 11.6 Å². The van der Waals surface area contributed by atoms with Crippen molar-refractivity contribution in [3.8, 4) is 0 Å². The number of aliphatic imine (C=N–C) groups is 1. The Morgan fingerprint density at radius 3 is 3.00 bits per heavy atom. The molecule has 1 aromatic heterocycles. The van der Waals surface area contributed by atoms with E-state index in [0.717, 1.165) is 36.4 Å². The van der Waals surface area contributed by atoms with E-state index in [1.54, 1.807) is 11.3 Å². The monoisotopic (exact) mass is 357 g/mol. The summed E-state index contributed by atoms with van der Waals surface area (Å²) in [5.74, 6) is 0.903. The van der Waals surface area contributed by atoms with Crippen LogP contribution in [-0.4, -0.2) is 19.0 Å². The first-order chi connectivity index (χ1) is 6.84. The Bertz CT molecular complexity index is 340. The molecular weight excluding hydrogens is 345 g/mol. The number of nitrogens with one attached hydrogen (secondary N) is 2. The van der Waals surface area contributed by atoms with Crippen LogP contribution in [0.1, 0.15) is 11.3 Å². The Kier molecular flexibility index (Phi) is 5.70. The maximum atomic E-state index is 5.83. The molecule has 15 heavy (non-hydrogen) atoms. The summed E-state index contributed by atoms with van der Waals surface area (Å²) < 4.78 is 0.834. The molecule has 0 radical (unpaired) electrons. The summed E-state index contributed by atoms with van der Waals surface area (Å²) in [6.45, 7) is 2.72. The molecule has 0 fully saturated rings. The maximum absolute atomic E-state index is 5.83. The summed E-state index contributed by atoms with van der Waals surface area (Å²) in [5, 5.41) is 6.45. The number of halogens is 2. The van der Waals surface area contributed by atoms with Crippen LogP contribution in [0.4, 0.5) is 0 Å². The van der Waals surface area contributed by atoms with Crippen LogP contribution in [0.2, 0.25) is 4.34 Å². The van der Waals surface area contributed by atoms with Crippen LogP contribution in [0, 0.1) is 0 Å². The third-order valence-electron chi connectivity index (χ3n) is 1.96. The Labute approximate surface area is 115 Å². The van der Waals surface area contributed by atoms with Gasteiger partial charge in [-0.25, -0.2) is 0 Å². The molecule has 0 spiro atoms. The second-order valence-electron chi connectivity index (χ2n) is 3.07. The van der Waals surface area contributed by atoms with E-state index in [1.165, 1.54) is 4.88 Å². The van der Waals surface area contributed by atoms with Gasteiger partial charge in [0.25, 0.3) is 0 Å². The fraction of sp³-hybridized carbons (Fsp3) is 0.444. The highest BCUT2D eigenvalue weighted by molar-refractivity contribution is 14.0. The molecule has 6 heteroatoms. The third-order valence-corrected chi connectivity index (χ3v) is 3.19. The van der Waals surface area contributed by atoms with Gasteiger partial charge in [-0.2, -0.15) is 0 Å². The number of hydrogen-bond acceptors (Lipinski definition) is 4. The van der Waals surface area contributed by atoms with Crippen LogP contribution >= 0.6 is 46.9 Å². The fourth-order valence-corrected chi connectivity index (χ4v) is 2.30. The van der Waals surface area contributed by atoms with Crippen molar-refractivity contribution in [1.82, 2.24) is 10.6 Å². The predicted molar refractivity (Wildman–Crippen MR) is 76.5 cm³/mol. The first-order valence-electron chi connectivity index (χ1n) is 4.61. The zero-order chi connectivity index (χ0) is 9.80. The molecule has 0 atom stereocenters. The normalized spacial score (nSPS) is 14.9. The molecule has 0 unspecified atom stereocenters. The summed E-state index contributed by atoms with van der Waals surface area (Å²) in [6, 6.07) is 3.95. The molecule has 0 amide bonds. The van der Waals surface area contributed by atoms with Gasteiger partial charge < -0.3 is 10.6 Å². The average Bonchev–Trinajstić information content (AvgIpc) is 2.63. The molecule has 0 bridgehead atoms. The lowest BCUT2D eigenvalue weighted by atomic mass is 10.4. The summed E-state index contributed by atoms with van der Waals surface area (Å²) in [6.07, 6.45) is 1.12. The molecule has 1 aliphatic rings. The van der Waals surface area contributed by atoms with Gasteiger partial charge >= 0.3 is 0 Å². The van der Waals surface area contributed by atoms with Gasteiger partial charge in [-0.05, 0) is 18.6 Å². The molecular formula is C9H13ClIN3S. The van der Waals surface area contributed by atoms with Crippen molar-refractivity contribution in [1.29, 1.82) is 0 Å². The van der Waals surface area contributed by atoms with E-state index in [2.05, 4.69) is 15.6 Å². The van der Waals surface area contributed by atoms with Crippen LogP contribution in [-0.2, 0) is 6.54 Å². The van der Waals surface area contributed by atoms with Gasteiger partial charge in [0.15, 0.2) is 5.96 Å². The minimum absolute atomic E-state index is 0. The minimum Gasteiger partial charge on any atom is -0.356 e. The fourth-order valence-electron chi connectivity index (χ4n) is 1.27. The molecule has 0 saturated carbocycles. The van der Waals surface area contributed by atoms with Crippen molar-refractivity contribution in [2.45, 2.75) is 13.0 Å². The lowest BCUT2D eigenvalue weighted by Crippen LogP contribution is -2.40. The molecule has 3 nitrogen and oxygen atoms in total. The molecule has 2 rings (SSSR count). The van der Waals surface area contributed by atoms with Gasteiger partial charge in [0.05, 0.1) is 10.9 Å². The second kappa shape index (κ2) is 6.55. The van der Waals surface area contributed by atoms with Gasteiger partial charge in [-0.15, -0.1) is 35.3 Å². The Morgan fingerprint density at radius 1 is 1.53 bits per heavy atom. The average molecular weight is 358 g/mol. The lowest BCUT2D eigenvalue weighted by molar-refractivity contribution is 0.703. The van der Waals surface area contributed by atoms with E-state index >= 15 is 0 Å². The minimum atomic E-state index is 0. The van der Waals surface area contributed by atoms with Crippen LogP contribution in [0.3, 0.4) is 0 Å². The summed E-state index contributed by atoms with van der Waals surface area (Å²) in [7, 11) is 0. The molecule has 1 aliphatic heterocycles. The van der Waals surface area contributed by atoms with E-state index in [0.29, 0.717) is 0 Å². The second-order valence-corrected chi connectivity index (χ2v) is 4.87. The smallest absolute Gasteiger partial charge is 0.191 e. The van der Waals surface area contributed by atoms with E-state index in [1.807, 2.05) is 12.1 Å². The van der Waals surface area contributed by atoms with Gasteiger partial charge in [0.1, 0.15) is 0 Å². The summed E-state index contributed by atoms with van der Waals surface area (Å²) in [5.41, 5.74) is 0. The largest absolute Gasteiger partial charge is 0.356 e. The van der Waals surface area contributed by atoms with Gasteiger partial charge in [-0.3, -0.25) is 4.99 Å². The van der Waals surface area contributed by atoms with Gasteiger partial charge in [0.2, 0.25) is 0 Å². The molecule has 0 saturated heterocycles. The number of guanidine groups is 1. The highest BCUT2D eigenvalue weighted by Gasteiger charge is 2.03. The summed E-state index contributed by atoms with van der Waals surface area (Å²) >= 11 is 7.42. The van der Waals surface area contributed by atoms with Crippen molar-refractivity contribution in [2.75, 3.05) is 13.1 Å². The van der Waals surface area contributed by atoms with E-state index in [-0.39, 0.29) is 24.0 Å². The maximum Gasteiger partial charge on any atom is 0.191 e. The highest BCUT2D eigenvalue weighted by atomic mass is 127. The lowest BCUT2D eigenvalue weighted by Gasteiger charge is -2.15. The van der Waals surface area contributed by atoms with Crippen molar-refractivity contribution < 1.29 is 0 Å². The SMILES string of the molecule is Clc1ccc(CNC2=NCCCN2)s1.I. The highest BCUT2D eigenvalue weighted by Crippen LogP contribution is 2.20. The molecule has 0 aliphatic carbocycles. The van der Waals surface area contributed by atoms with E-state index < -0.39 is 0 Å². The zero-order valence-electron chi connectivity index (χ0n) is 8.12. The summed E-state index contributed by atoms with van der Waals surface area (Å²) in [4.78, 5) is 5.54. The van der Waals surface area contributed by atoms with Crippen molar-refractivity contribution in [3.63, 3.8) is 0 Å². The molecule has 84 valence electrons. The molecule has 2 N–H and O–H groups in total. The number of thiophene rings is 1. The van der Waals surface area contributed by atoms with Crippen LogP contribution in [0.15, 0.2) is 17.1 Å². The van der Waals surface area contributed by atoms with E-state index in [9.17, 15) is 0 Å². The molecule has 0 aromatic carbocycles. The number of rotatable bonds is 2. The van der Waals surface area contributed by atoms with Crippen molar-refractivity contribution >= 4 is 52.9 Å². The number of hydrogen-bond donors (Lipinski definition) is 2. The topological polar surface area (TPSA) is 36.4 Å². The first kappa shape index (κ1) is 13.1. The van der Waals surface area contributed by atoms with Gasteiger partial charge in [0, 0.05) is 18.0 Å². The zero-order valence-corrected chi connectivity index (χ0v) is 12.0. The Balaban J connectivity index is 0.00000112.